The minimum Gasteiger partial charge on any atom is -0.345 e. The van der Waals surface area contributed by atoms with Crippen LogP contribution in [0.25, 0.3) is 0 Å². The number of hydrogen-bond donors (Lipinski definition) is 1. The summed E-state index contributed by atoms with van der Waals surface area (Å²) in [6.07, 6.45) is 4.68. The van der Waals surface area contributed by atoms with Crippen molar-refractivity contribution in [2.24, 2.45) is 0 Å². The molecule has 0 spiro atoms. The van der Waals surface area contributed by atoms with Crippen molar-refractivity contribution in [2.75, 3.05) is 20.1 Å². The number of rotatable bonds is 8. The topological polar surface area (TPSA) is 32.3 Å². The molecule has 15 heavy (non-hydrogen) atoms. The maximum atomic E-state index is 11.6. The summed E-state index contributed by atoms with van der Waals surface area (Å²) in [5.74, 6) is 0.190. The molecule has 3 nitrogen and oxygen atoms in total. The molecule has 0 saturated heterocycles. The van der Waals surface area contributed by atoms with Crippen molar-refractivity contribution < 1.29 is 4.79 Å². The van der Waals surface area contributed by atoms with Crippen LogP contribution in [0.1, 0.15) is 46.5 Å². The monoisotopic (exact) mass is 214 g/mol. The molecule has 0 aliphatic rings. The molecule has 0 aromatic heterocycles. The summed E-state index contributed by atoms with van der Waals surface area (Å²) >= 11 is 0. The Balaban J connectivity index is 3.82. The first-order valence-electron chi connectivity index (χ1n) is 6.12. The first-order valence-corrected chi connectivity index (χ1v) is 6.12. The molecule has 0 aliphatic carbocycles. The molecule has 0 unspecified atom stereocenters. The highest BCUT2D eigenvalue weighted by molar-refractivity contribution is 5.77. The normalized spacial score (nSPS) is 10.7. The summed E-state index contributed by atoms with van der Waals surface area (Å²) in [7, 11) is 1.85. The molecular formula is C12H26N2O. The molecule has 0 rings (SSSR count). The molecule has 0 heterocycles. The zero-order chi connectivity index (χ0) is 11.7. The van der Waals surface area contributed by atoms with Crippen molar-refractivity contribution in [2.45, 2.75) is 52.5 Å². The molecule has 0 bridgehead atoms. The van der Waals surface area contributed by atoms with Crippen LogP contribution in [0.5, 0.6) is 0 Å². The Kier molecular flexibility index (Phi) is 8.38. The van der Waals surface area contributed by atoms with E-state index in [4.69, 9.17) is 0 Å². The fourth-order valence-corrected chi connectivity index (χ4v) is 1.59. The summed E-state index contributed by atoms with van der Waals surface area (Å²) in [6.45, 7) is 7.63. The summed E-state index contributed by atoms with van der Waals surface area (Å²) in [5, 5.41) is 3.35. The van der Waals surface area contributed by atoms with Crippen LogP contribution in [0.15, 0.2) is 0 Å². The van der Waals surface area contributed by atoms with Crippen molar-refractivity contribution >= 4 is 5.91 Å². The van der Waals surface area contributed by atoms with Crippen LogP contribution < -0.4 is 5.32 Å². The van der Waals surface area contributed by atoms with E-state index in [0.29, 0.717) is 12.6 Å². The third-order valence-corrected chi connectivity index (χ3v) is 2.72. The molecule has 0 saturated carbocycles. The van der Waals surface area contributed by atoms with E-state index in [-0.39, 0.29) is 5.91 Å². The Morgan fingerprint density at radius 1 is 1.20 bits per heavy atom. The smallest absolute Gasteiger partial charge is 0.236 e. The third kappa shape index (κ3) is 6.50. The van der Waals surface area contributed by atoms with E-state index in [1.54, 1.807) is 4.90 Å². The van der Waals surface area contributed by atoms with Gasteiger partial charge in [0, 0.05) is 19.6 Å². The van der Waals surface area contributed by atoms with Crippen LogP contribution in [-0.4, -0.2) is 37.0 Å². The summed E-state index contributed by atoms with van der Waals surface area (Å²) < 4.78 is 0. The zero-order valence-electron chi connectivity index (χ0n) is 10.7. The maximum Gasteiger partial charge on any atom is 0.236 e. The van der Waals surface area contributed by atoms with Gasteiger partial charge in [0.2, 0.25) is 5.91 Å². The molecule has 0 atom stereocenters. The Morgan fingerprint density at radius 2 is 1.73 bits per heavy atom. The summed E-state index contributed by atoms with van der Waals surface area (Å²) in [5.41, 5.74) is 0. The zero-order valence-corrected chi connectivity index (χ0v) is 10.7. The van der Waals surface area contributed by atoms with E-state index in [1.807, 2.05) is 14.0 Å². The maximum absolute atomic E-state index is 11.6. The number of hydrogen-bond acceptors (Lipinski definition) is 2. The second-order valence-corrected chi connectivity index (χ2v) is 4.06. The van der Waals surface area contributed by atoms with E-state index >= 15 is 0 Å². The van der Waals surface area contributed by atoms with Crippen LogP contribution >= 0.6 is 0 Å². The summed E-state index contributed by atoms with van der Waals surface area (Å²) in [6, 6.07) is 0.509. The van der Waals surface area contributed by atoms with Gasteiger partial charge in [-0.3, -0.25) is 4.79 Å². The van der Waals surface area contributed by atoms with E-state index < -0.39 is 0 Å². The highest BCUT2D eigenvalue weighted by Gasteiger charge is 2.10. The van der Waals surface area contributed by atoms with Gasteiger partial charge in [0.15, 0.2) is 0 Å². The predicted octanol–water partition coefficient (Wildman–Crippen LogP) is 2.02. The van der Waals surface area contributed by atoms with E-state index in [2.05, 4.69) is 19.2 Å². The van der Waals surface area contributed by atoms with Gasteiger partial charge in [-0.05, 0) is 19.8 Å². The van der Waals surface area contributed by atoms with E-state index in [0.717, 1.165) is 19.4 Å². The Bertz CT molecular complexity index is 165. The number of nitrogens with one attached hydrogen (secondary N) is 1. The minimum absolute atomic E-state index is 0.190. The van der Waals surface area contributed by atoms with Crippen LogP contribution in [0, 0.1) is 0 Å². The highest BCUT2D eigenvalue weighted by atomic mass is 16.2. The second kappa shape index (κ2) is 8.72. The predicted molar refractivity (Wildman–Crippen MR) is 64.9 cm³/mol. The van der Waals surface area contributed by atoms with Crippen LogP contribution in [0.4, 0.5) is 0 Å². The van der Waals surface area contributed by atoms with Gasteiger partial charge in [-0.15, -0.1) is 0 Å². The van der Waals surface area contributed by atoms with Gasteiger partial charge in [0.25, 0.3) is 0 Å². The minimum atomic E-state index is 0.190. The van der Waals surface area contributed by atoms with Gasteiger partial charge >= 0.3 is 0 Å². The Hall–Kier alpha value is -0.570. The van der Waals surface area contributed by atoms with Gasteiger partial charge in [-0.1, -0.05) is 26.7 Å². The van der Waals surface area contributed by atoms with Crippen molar-refractivity contribution in [1.82, 2.24) is 10.2 Å². The fraction of sp³-hybridized carbons (Fsp3) is 0.917. The lowest BCUT2D eigenvalue weighted by molar-refractivity contribution is -0.128. The van der Waals surface area contributed by atoms with Crippen molar-refractivity contribution in [3.63, 3.8) is 0 Å². The molecular weight excluding hydrogens is 188 g/mol. The standard InChI is InChI=1S/C12H26N2O/c1-5-8-11(9-6-2)13-10-12(15)14(4)7-3/h11,13H,5-10H2,1-4H3. The Labute approximate surface area is 94.2 Å². The third-order valence-electron chi connectivity index (χ3n) is 2.72. The number of nitrogens with zero attached hydrogens (tertiary/aromatic N) is 1. The molecule has 0 aromatic rings. The van der Waals surface area contributed by atoms with Crippen LogP contribution in [-0.2, 0) is 4.79 Å². The first-order chi connectivity index (χ1) is 7.15. The SMILES string of the molecule is CCCC(CCC)NCC(=O)N(C)CC. The lowest BCUT2D eigenvalue weighted by atomic mass is 10.1. The highest BCUT2D eigenvalue weighted by Crippen LogP contribution is 2.03. The molecule has 0 aliphatic heterocycles. The fourth-order valence-electron chi connectivity index (χ4n) is 1.59. The van der Waals surface area contributed by atoms with Crippen molar-refractivity contribution in [1.29, 1.82) is 0 Å². The van der Waals surface area contributed by atoms with Gasteiger partial charge < -0.3 is 10.2 Å². The summed E-state index contributed by atoms with van der Waals surface area (Å²) in [4.78, 5) is 13.3. The molecule has 1 amide bonds. The molecule has 90 valence electrons. The first kappa shape index (κ1) is 14.4. The second-order valence-electron chi connectivity index (χ2n) is 4.06. The van der Waals surface area contributed by atoms with E-state index in [9.17, 15) is 4.79 Å². The lowest BCUT2D eigenvalue weighted by Crippen LogP contribution is -2.40. The van der Waals surface area contributed by atoms with Crippen LogP contribution in [0.3, 0.4) is 0 Å². The van der Waals surface area contributed by atoms with Crippen molar-refractivity contribution in [3.05, 3.63) is 0 Å². The van der Waals surface area contributed by atoms with Gasteiger partial charge in [0.1, 0.15) is 0 Å². The number of amides is 1. The molecule has 1 N–H and O–H groups in total. The van der Waals surface area contributed by atoms with Crippen molar-refractivity contribution in [3.8, 4) is 0 Å². The largest absolute Gasteiger partial charge is 0.345 e. The molecule has 0 fully saturated rings. The number of carbonyl (C=O) groups excluding carboxylic acids is 1. The number of likely N-dealkylation sites (N-methyl/N-ethyl adjacent to an activating group) is 1. The quantitative estimate of drug-likeness (QED) is 0.670. The van der Waals surface area contributed by atoms with Gasteiger partial charge in [-0.2, -0.15) is 0 Å². The average molecular weight is 214 g/mol. The van der Waals surface area contributed by atoms with Gasteiger partial charge in [0.05, 0.1) is 6.54 Å². The van der Waals surface area contributed by atoms with Gasteiger partial charge in [-0.25, -0.2) is 0 Å². The molecule has 3 heteroatoms. The Morgan fingerprint density at radius 3 is 2.13 bits per heavy atom. The van der Waals surface area contributed by atoms with Crippen LogP contribution in [0.2, 0.25) is 0 Å². The molecule has 0 aromatic carbocycles. The molecule has 0 radical (unpaired) electrons. The van der Waals surface area contributed by atoms with E-state index in [1.165, 1.54) is 12.8 Å². The lowest BCUT2D eigenvalue weighted by Gasteiger charge is -2.20. The number of carbonyl (C=O) groups is 1. The average Bonchev–Trinajstić information content (AvgIpc) is 2.25.